The van der Waals surface area contributed by atoms with Crippen molar-refractivity contribution in [3.05, 3.63) is 89.7 Å². The number of fused-ring (bicyclic) bond motifs is 1. The van der Waals surface area contributed by atoms with E-state index in [1.165, 1.54) is 24.3 Å². The lowest BCUT2D eigenvalue weighted by Crippen LogP contribution is -2.42. The van der Waals surface area contributed by atoms with Gasteiger partial charge in [0.15, 0.2) is 5.76 Å². The molecule has 0 bridgehead atoms. The molecule has 0 saturated carbocycles. The largest absolute Gasteiger partial charge is 0.355 e. The van der Waals surface area contributed by atoms with Crippen LogP contribution in [-0.2, 0) is 11.2 Å². The van der Waals surface area contributed by atoms with E-state index in [0.29, 0.717) is 27.8 Å². The maximum absolute atomic E-state index is 12.9. The maximum Gasteiger partial charge on any atom is 0.269 e. The second kappa shape index (κ2) is 7.93. The molecule has 0 aliphatic carbocycles. The van der Waals surface area contributed by atoms with Gasteiger partial charge in [-0.05, 0) is 35.9 Å². The molecule has 4 rings (SSSR count). The second-order valence-corrected chi connectivity index (χ2v) is 6.42. The van der Waals surface area contributed by atoms with E-state index in [-0.39, 0.29) is 12.2 Å². The van der Waals surface area contributed by atoms with Crippen molar-refractivity contribution in [2.24, 2.45) is 0 Å². The fourth-order valence-corrected chi connectivity index (χ4v) is 2.91. The molecule has 0 saturated heterocycles. The van der Waals surface area contributed by atoms with Crippen LogP contribution in [0.3, 0.4) is 0 Å². The molecule has 0 fully saturated rings. The minimum absolute atomic E-state index is 0.0173. The topological polar surface area (TPSA) is 84.2 Å². The molecule has 2 amide bonds. The molecule has 3 aromatic carbocycles. The summed E-state index contributed by atoms with van der Waals surface area (Å²) in [5.74, 6) is -0.697. The first kappa shape index (κ1) is 18.4. The molecule has 29 heavy (non-hydrogen) atoms. The molecule has 1 heterocycles. The van der Waals surface area contributed by atoms with Gasteiger partial charge in [0.2, 0.25) is 5.91 Å². The lowest BCUT2D eigenvalue weighted by Gasteiger charge is -2.08. The third-order valence-electron chi connectivity index (χ3n) is 4.37. The Bertz CT molecular complexity index is 1170. The Labute approximate surface area is 165 Å². The second-order valence-electron chi connectivity index (χ2n) is 6.42. The van der Waals surface area contributed by atoms with Crippen LogP contribution >= 0.6 is 0 Å². The highest BCUT2D eigenvalue weighted by Gasteiger charge is 2.14. The van der Waals surface area contributed by atoms with E-state index in [0.717, 1.165) is 5.56 Å². The van der Waals surface area contributed by atoms with Gasteiger partial charge >= 0.3 is 0 Å². The first-order valence-electron chi connectivity index (χ1n) is 8.88. The molecule has 0 unspecified atom stereocenters. The molecule has 2 N–H and O–H groups in total. The summed E-state index contributed by atoms with van der Waals surface area (Å²) in [5.41, 5.74) is 7.20. The summed E-state index contributed by atoms with van der Waals surface area (Å²) in [7, 11) is 0. The van der Waals surface area contributed by atoms with E-state index >= 15 is 0 Å². The van der Waals surface area contributed by atoms with Gasteiger partial charge in [0.05, 0.1) is 11.8 Å². The molecule has 0 atom stereocenters. The number of hydrogen-bond acceptors (Lipinski definition) is 4. The highest BCUT2D eigenvalue weighted by Crippen LogP contribution is 2.29. The number of carbonyl (C=O) groups is 2. The van der Waals surface area contributed by atoms with Gasteiger partial charge in [0.25, 0.3) is 5.91 Å². The van der Waals surface area contributed by atoms with Crippen LogP contribution in [-0.4, -0.2) is 17.0 Å². The van der Waals surface area contributed by atoms with E-state index < -0.39 is 11.8 Å². The molecule has 144 valence electrons. The average Bonchev–Trinajstić information content (AvgIpc) is 3.17. The number of amides is 2. The molecule has 6 nitrogen and oxygen atoms in total. The van der Waals surface area contributed by atoms with Gasteiger partial charge in [0, 0.05) is 11.1 Å². The Morgan fingerprint density at radius 1 is 0.931 bits per heavy atom. The van der Waals surface area contributed by atoms with Crippen LogP contribution in [0.25, 0.3) is 22.2 Å². The zero-order chi connectivity index (χ0) is 20.2. The highest BCUT2D eigenvalue weighted by molar-refractivity contribution is 6.01. The van der Waals surface area contributed by atoms with Crippen molar-refractivity contribution >= 4 is 22.7 Å². The predicted octanol–water partition coefficient (Wildman–Crippen LogP) is 3.64. The number of carbonyl (C=O) groups excluding carboxylic acids is 2. The van der Waals surface area contributed by atoms with Crippen molar-refractivity contribution in [1.82, 2.24) is 16.0 Å². The van der Waals surface area contributed by atoms with Gasteiger partial charge in [-0.1, -0.05) is 47.6 Å². The Hall–Kier alpha value is -4.00. The first-order valence-corrected chi connectivity index (χ1v) is 8.88. The van der Waals surface area contributed by atoms with E-state index in [9.17, 15) is 14.0 Å². The number of nitrogens with zero attached hydrogens (tertiary/aromatic N) is 1. The minimum atomic E-state index is -0.473. The maximum atomic E-state index is 12.9. The number of halogens is 1. The van der Waals surface area contributed by atoms with Gasteiger partial charge < -0.3 is 4.52 Å². The van der Waals surface area contributed by atoms with Gasteiger partial charge in [-0.2, -0.15) is 0 Å². The van der Waals surface area contributed by atoms with Crippen molar-refractivity contribution in [2.45, 2.75) is 6.42 Å². The van der Waals surface area contributed by atoms with Gasteiger partial charge in [-0.25, -0.2) is 4.39 Å². The number of aromatic nitrogens is 1. The molecule has 1 aromatic heterocycles. The van der Waals surface area contributed by atoms with Crippen LogP contribution in [0.4, 0.5) is 4.39 Å². The van der Waals surface area contributed by atoms with Crippen molar-refractivity contribution < 1.29 is 18.5 Å². The van der Waals surface area contributed by atoms with Gasteiger partial charge in [-0.15, -0.1) is 0 Å². The summed E-state index contributed by atoms with van der Waals surface area (Å²) >= 11 is 0. The average molecular weight is 389 g/mol. The lowest BCUT2D eigenvalue weighted by molar-refractivity contribution is -0.121. The van der Waals surface area contributed by atoms with Crippen LogP contribution in [0.2, 0.25) is 0 Å². The molecule has 4 aromatic rings. The number of benzene rings is 3. The summed E-state index contributed by atoms with van der Waals surface area (Å²) in [6.45, 7) is 0. The number of rotatable bonds is 4. The lowest BCUT2D eigenvalue weighted by atomic mass is 10.1. The van der Waals surface area contributed by atoms with Crippen molar-refractivity contribution in [3.8, 4) is 11.3 Å². The SMILES string of the molecule is O=C(Cc1ccc(F)cc1)NNC(=O)c1ccc2noc(-c3ccccc3)c2c1. The van der Waals surface area contributed by atoms with E-state index in [2.05, 4.69) is 16.0 Å². The van der Waals surface area contributed by atoms with Gasteiger partial charge in [-0.3, -0.25) is 20.4 Å². The molecule has 7 heteroatoms. The fraction of sp³-hybridized carbons (Fsp3) is 0.0455. The number of hydrogen-bond donors (Lipinski definition) is 2. The summed E-state index contributed by atoms with van der Waals surface area (Å²) in [4.78, 5) is 24.4. The quantitative estimate of drug-likeness (QED) is 0.522. The van der Waals surface area contributed by atoms with Crippen LogP contribution in [0.15, 0.2) is 77.3 Å². The van der Waals surface area contributed by atoms with Gasteiger partial charge in [0.1, 0.15) is 11.3 Å². The molecule has 0 aliphatic rings. The number of hydrazine groups is 1. The summed E-state index contributed by atoms with van der Waals surface area (Å²) in [6, 6.07) is 20.0. The minimum Gasteiger partial charge on any atom is -0.355 e. The summed E-state index contributed by atoms with van der Waals surface area (Å²) in [5, 5.41) is 4.72. The molecule has 0 radical (unpaired) electrons. The zero-order valence-electron chi connectivity index (χ0n) is 15.2. The molecule has 0 spiro atoms. The molecular weight excluding hydrogens is 373 g/mol. The Morgan fingerprint density at radius 2 is 1.69 bits per heavy atom. The normalized spacial score (nSPS) is 10.7. The smallest absolute Gasteiger partial charge is 0.269 e. The Balaban J connectivity index is 1.46. The highest BCUT2D eigenvalue weighted by atomic mass is 19.1. The third kappa shape index (κ3) is 4.14. The van der Waals surface area contributed by atoms with Crippen molar-refractivity contribution in [2.75, 3.05) is 0 Å². The number of nitrogens with one attached hydrogen (secondary N) is 2. The zero-order valence-corrected chi connectivity index (χ0v) is 15.2. The van der Waals surface area contributed by atoms with E-state index in [4.69, 9.17) is 4.52 Å². The van der Waals surface area contributed by atoms with E-state index in [1.54, 1.807) is 18.2 Å². The van der Waals surface area contributed by atoms with Crippen LogP contribution in [0, 0.1) is 5.82 Å². The van der Waals surface area contributed by atoms with Crippen molar-refractivity contribution in [3.63, 3.8) is 0 Å². The Morgan fingerprint density at radius 3 is 2.45 bits per heavy atom. The Kier molecular flexibility index (Phi) is 5.03. The fourth-order valence-electron chi connectivity index (χ4n) is 2.91. The summed E-state index contributed by atoms with van der Waals surface area (Å²) < 4.78 is 18.4. The van der Waals surface area contributed by atoms with Crippen LogP contribution in [0.1, 0.15) is 15.9 Å². The molecule has 0 aliphatic heterocycles. The standard InChI is InChI=1S/C22H16FN3O3/c23-17-9-6-14(7-10-17)12-20(27)24-25-22(28)16-8-11-19-18(13-16)21(29-26-19)15-4-2-1-3-5-15/h1-11,13H,12H2,(H,24,27)(H,25,28). The monoisotopic (exact) mass is 389 g/mol. The molecular formula is C22H16FN3O3. The van der Waals surface area contributed by atoms with E-state index in [1.807, 2.05) is 30.3 Å². The predicted molar refractivity (Wildman–Crippen MR) is 105 cm³/mol. The van der Waals surface area contributed by atoms with Crippen LogP contribution in [0.5, 0.6) is 0 Å². The third-order valence-corrected chi connectivity index (χ3v) is 4.37. The van der Waals surface area contributed by atoms with Crippen molar-refractivity contribution in [1.29, 1.82) is 0 Å². The summed E-state index contributed by atoms with van der Waals surface area (Å²) in [6.07, 6.45) is 0.0173. The van der Waals surface area contributed by atoms with Crippen LogP contribution < -0.4 is 10.9 Å². The first-order chi connectivity index (χ1) is 14.1.